The van der Waals surface area contributed by atoms with E-state index in [-0.39, 0.29) is 17.3 Å². The van der Waals surface area contributed by atoms with E-state index in [1.807, 2.05) is 0 Å². The number of hydrogen-bond acceptors (Lipinski definition) is 4. The van der Waals surface area contributed by atoms with E-state index >= 15 is 0 Å². The Bertz CT molecular complexity index is 649. The van der Waals surface area contributed by atoms with Crippen LogP contribution in [0.1, 0.15) is 5.56 Å². The lowest BCUT2D eigenvalue weighted by molar-refractivity contribution is -0.384. The molecule has 1 aromatic heterocycles. The summed E-state index contributed by atoms with van der Waals surface area (Å²) < 4.78 is 13.9. The van der Waals surface area contributed by atoms with Gasteiger partial charge in [-0.1, -0.05) is 6.07 Å². The second-order valence-corrected chi connectivity index (χ2v) is 4.73. The number of nitro groups is 1. The molecular weight excluding hydrogens is 317 g/mol. The van der Waals surface area contributed by atoms with Crippen LogP contribution in [0.4, 0.5) is 21.6 Å². The van der Waals surface area contributed by atoms with Crippen molar-refractivity contribution in [2.45, 2.75) is 6.92 Å². The highest BCUT2D eigenvalue weighted by Crippen LogP contribution is 2.29. The maximum atomic E-state index is 13.4. The van der Waals surface area contributed by atoms with Crippen LogP contribution in [0.15, 0.2) is 34.9 Å². The summed E-state index contributed by atoms with van der Waals surface area (Å²) in [5, 5.41) is 13.7. The molecule has 2 rings (SSSR count). The van der Waals surface area contributed by atoms with Gasteiger partial charge in [0.15, 0.2) is 0 Å². The van der Waals surface area contributed by atoms with Crippen LogP contribution in [0.5, 0.6) is 0 Å². The third-order valence-corrected chi connectivity index (χ3v) is 2.99. The van der Waals surface area contributed by atoms with Crippen LogP contribution in [0.25, 0.3) is 0 Å². The van der Waals surface area contributed by atoms with Gasteiger partial charge in [-0.2, -0.15) is 0 Å². The predicted octanol–water partition coefficient (Wildman–Crippen LogP) is 3.94. The summed E-state index contributed by atoms with van der Waals surface area (Å²) in [6.07, 6.45) is 1.43. The van der Waals surface area contributed by atoms with Gasteiger partial charge in [0, 0.05) is 28.0 Å². The Kier molecular flexibility index (Phi) is 3.75. The Morgan fingerprint density at radius 3 is 2.89 bits per heavy atom. The number of pyridine rings is 1. The van der Waals surface area contributed by atoms with Crippen molar-refractivity contribution in [2.24, 2.45) is 0 Å². The zero-order valence-electron chi connectivity index (χ0n) is 9.85. The van der Waals surface area contributed by atoms with E-state index in [9.17, 15) is 14.5 Å². The second kappa shape index (κ2) is 5.31. The molecule has 0 bridgehead atoms. The third-order valence-electron chi connectivity index (χ3n) is 2.55. The van der Waals surface area contributed by atoms with Crippen LogP contribution in [0, 0.1) is 22.9 Å². The first-order chi connectivity index (χ1) is 8.99. The predicted molar refractivity (Wildman–Crippen MR) is 73.0 cm³/mol. The molecule has 1 N–H and O–H groups in total. The minimum absolute atomic E-state index is 0.0712. The van der Waals surface area contributed by atoms with E-state index in [1.54, 1.807) is 13.0 Å². The number of nitrogens with one attached hydrogen (secondary N) is 1. The number of nitrogens with zero attached hydrogens (tertiary/aromatic N) is 2. The minimum atomic E-state index is -0.547. The Labute approximate surface area is 116 Å². The monoisotopic (exact) mass is 325 g/mol. The van der Waals surface area contributed by atoms with Crippen LogP contribution >= 0.6 is 15.9 Å². The zero-order chi connectivity index (χ0) is 14.0. The molecule has 0 atom stereocenters. The largest absolute Gasteiger partial charge is 0.334 e. The summed E-state index contributed by atoms with van der Waals surface area (Å²) in [6.45, 7) is 1.59. The molecule has 0 fully saturated rings. The Hall–Kier alpha value is -2.02. The SMILES string of the molecule is Cc1c(F)cccc1Nc1ncc(Br)cc1[N+](=O)[O-]. The molecular formula is C12H9BrFN3O2. The summed E-state index contributed by atoms with van der Waals surface area (Å²) in [4.78, 5) is 14.3. The fourth-order valence-electron chi connectivity index (χ4n) is 1.53. The first-order valence-electron chi connectivity index (χ1n) is 5.31. The van der Waals surface area contributed by atoms with Crippen molar-refractivity contribution in [2.75, 3.05) is 5.32 Å². The van der Waals surface area contributed by atoms with Crippen LogP contribution < -0.4 is 5.32 Å². The van der Waals surface area contributed by atoms with Crippen LogP contribution in [0.3, 0.4) is 0 Å². The fraction of sp³-hybridized carbons (Fsp3) is 0.0833. The van der Waals surface area contributed by atoms with Crippen molar-refractivity contribution >= 4 is 33.1 Å². The molecule has 2 aromatic rings. The normalized spacial score (nSPS) is 10.3. The van der Waals surface area contributed by atoms with Gasteiger partial charge in [0.25, 0.3) is 0 Å². The highest BCUT2D eigenvalue weighted by molar-refractivity contribution is 9.10. The van der Waals surface area contributed by atoms with Gasteiger partial charge >= 0.3 is 5.69 Å². The van der Waals surface area contributed by atoms with Gasteiger partial charge in [-0.05, 0) is 35.0 Å². The molecule has 1 heterocycles. The lowest BCUT2D eigenvalue weighted by Gasteiger charge is -2.09. The average molecular weight is 326 g/mol. The molecule has 0 radical (unpaired) electrons. The van der Waals surface area contributed by atoms with Crippen molar-refractivity contribution in [1.82, 2.24) is 4.98 Å². The number of anilines is 2. The summed E-state index contributed by atoms with van der Waals surface area (Å²) in [7, 11) is 0. The van der Waals surface area contributed by atoms with Gasteiger partial charge in [-0.15, -0.1) is 0 Å². The summed E-state index contributed by atoms with van der Waals surface area (Å²) in [5.74, 6) is -0.313. The van der Waals surface area contributed by atoms with Crippen LogP contribution in [-0.4, -0.2) is 9.91 Å². The molecule has 0 aliphatic rings. The van der Waals surface area contributed by atoms with Crippen LogP contribution in [0.2, 0.25) is 0 Å². The van der Waals surface area contributed by atoms with E-state index in [0.717, 1.165) is 0 Å². The molecule has 0 aliphatic carbocycles. The van der Waals surface area contributed by atoms with Gasteiger partial charge in [0.1, 0.15) is 5.82 Å². The lowest BCUT2D eigenvalue weighted by Crippen LogP contribution is -2.01. The first kappa shape index (κ1) is 13.4. The molecule has 1 aromatic carbocycles. The van der Waals surface area contributed by atoms with E-state index in [2.05, 4.69) is 26.2 Å². The third kappa shape index (κ3) is 2.87. The van der Waals surface area contributed by atoms with Crippen molar-refractivity contribution in [3.05, 3.63) is 56.4 Å². The molecule has 5 nitrogen and oxygen atoms in total. The maximum absolute atomic E-state index is 13.4. The molecule has 7 heteroatoms. The molecule has 0 unspecified atom stereocenters. The molecule has 0 spiro atoms. The van der Waals surface area contributed by atoms with Crippen molar-refractivity contribution in [3.8, 4) is 0 Å². The Morgan fingerprint density at radius 1 is 1.47 bits per heavy atom. The quantitative estimate of drug-likeness (QED) is 0.685. The van der Waals surface area contributed by atoms with E-state index in [4.69, 9.17) is 0 Å². The summed E-state index contributed by atoms with van der Waals surface area (Å²) in [5.41, 5.74) is 0.637. The number of hydrogen-bond donors (Lipinski definition) is 1. The first-order valence-corrected chi connectivity index (χ1v) is 6.10. The molecule has 0 saturated carbocycles. The Balaban J connectivity index is 2.44. The molecule has 19 heavy (non-hydrogen) atoms. The molecule has 0 saturated heterocycles. The van der Waals surface area contributed by atoms with E-state index in [0.29, 0.717) is 15.7 Å². The van der Waals surface area contributed by atoms with Gasteiger partial charge in [0.2, 0.25) is 5.82 Å². The molecule has 0 aliphatic heterocycles. The minimum Gasteiger partial charge on any atom is -0.334 e. The van der Waals surface area contributed by atoms with Crippen molar-refractivity contribution in [3.63, 3.8) is 0 Å². The number of halogens is 2. The standard InChI is InChI=1S/C12H9BrFN3O2/c1-7-9(14)3-2-4-10(7)16-12-11(17(18)19)5-8(13)6-15-12/h2-6H,1H3,(H,15,16). The average Bonchev–Trinajstić information content (AvgIpc) is 2.36. The highest BCUT2D eigenvalue weighted by Gasteiger charge is 2.17. The number of benzene rings is 1. The number of aromatic nitrogens is 1. The molecule has 0 amide bonds. The fourth-order valence-corrected chi connectivity index (χ4v) is 1.85. The summed E-state index contributed by atoms with van der Waals surface area (Å²) in [6, 6.07) is 5.81. The zero-order valence-corrected chi connectivity index (χ0v) is 11.4. The highest BCUT2D eigenvalue weighted by atomic mass is 79.9. The van der Waals surface area contributed by atoms with E-state index in [1.165, 1.54) is 24.4 Å². The Morgan fingerprint density at radius 2 is 2.21 bits per heavy atom. The smallest absolute Gasteiger partial charge is 0.312 e. The van der Waals surface area contributed by atoms with Gasteiger partial charge in [-0.3, -0.25) is 10.1 Å². The number of rotatable bonds is 3. The maximum Gasteiger partial charge on any atom is 0.312 e. The van der Waals surface area contributed by atoms with Gasteiger partial charge in [0.05, 0.1) is 4.92 Å². The van der Waals surface area contributed by atoms with Gasteiger partial charge in [-0.25, -0.2) is 9.37 Å². The van der Waals surface area contributed by atoms with Crippen molar-refractivity contribution in [1.29, 1.82) is 0 Å². The topological polar surface area (TPSA) is 68.1 Å². The van der Waals surface area contributed by atoms with Gasteiger partial charge < -0.3 is 5.32 Å². The van der Waals surface area contributed by atoms with Crippen molar-refractivity contribution < 1.29 is 9.31 Å². The van der Waals surface area contributed by atoms with E-state index < -0.39 is 4.92 Å². The molecule has 98 valence electrons. The summed E-state index contributed by atoms with van der Waals surface area (Å²) >= 11 is 3.12. The second-order valence-electron chi connectivity index (χ2n) is 3.82. The lowest BCUT2D eigenvalue weighted by atomic mass is 10.2. The van der Waals surface area contributed by atoms with Crippen LogP contribution in [-0.2, 0) is 0 Å².